The number of rotatable bonds is 8. The van der Waals surface area contributed by atoms with Gasteiger partial charge in [-0.25, -0.2) is 4.39 Å². The number of aromatic nitrogens is 2. The molecule has 1 aromatic heterocycles. The van der Waals surface area contributed by atoms with Gasteiger partial charge < -0.3 is 10.6 Å². The Morgan fingerprint density at radius 1 is 1.43 bits per heavy atom. The van der Waals surface area contributed by atoms with Crippen molar-refractivity contribution in [2.24, 2.45) is 7.05 Å². The Kier molecular flexibility index (Phi) is 6.61. The van der Waals surface area contributed by atoms with Gasteiger partial charge in [-0.3, -0.25) is 9.48 Å². The Bertz CT molecular complexity index is 647. The molecule has 0 spiro atoms. The SMILES string of the molecule is CNC(C(=O)NCCSCc1ccccc1F)c1cnn(C)c1. The van der Waals surface area contributed by atoms with Crippen LogP contribution < -0.4 is 10.6 Å². The van der Waals surface area contributed by atoms with Crippen LogP contribution in [0.4, 0.5) is 4.39 Å². The molecule has 2 N–H and O–H groups in total. The molecule has 2 aromatic rings. The highest BCUT2D eigenvalue weighted by atomic mass is 32.2. The van der Waals surface area contributed by atoms with Gasteiger partial charge in [0.15, 0.2) is 0 Å². The summed E-state index contributed by atoms with van der Waals surface area (Å²) in [6.45, 7) is 0.538. The number of nitrogens with one attached hydrogen (secondary N) is 2. The molecule has 1 atom stereocenters. The number of hydrogen-bond acceptors (Lipinski definition) is 4. The van der Waals surface area contributed by atoms with Gasteiger partial charge in [0, 0.05) is 36.9 Å². The van der Waals surface area contributed by atoms with Crippen LogP contribution in [0.5, 0.6) is 0 Å². The van der Waals surface area contributed by atoms with Crippen LogP contribution in [0, 0.1) is 5.82 Å². The highest BCUT2D eigenvalue weighted by Crippen LogP contribution is 2.15. The largest absolute Gasteiger partial charge is 0.354 e. The van der Waals surface area contributed by atoms with E-state index in [0.29, 0.717) is 17.9 Å². The second kappa shape index (κ2) is 8.69. The summed E-state index contributed by atoms with van der Waals surface area (Å²) in [6.07, 6.45) is 3.49. The Morgan fingerprint density at radius 3 is 2.87 bits per heavy atom. The number of halogens is 1. The van der Waals surface area contributed by atoms with E-state index < -0.39 is 6.04 Å². The first-order valence-electron chi connectivity index (χ1n) is 7.36. The minimum Gasteiger partial charge on any atom is -0.354 e. The summed E-state index contributed by atoms with van der Waals surface area (Å²) in [6, 6.07) is 6.33. The Morgan fingerprint density at radius 2 is 2.22 bits per heavy atom. The molecule has 1 aromatic carbocycles. The van der Waals surface area contributed by atoms with Crippen LogP contribution in [0.1, 0.15) is 17.2 Å². The van der Waals surface area contributed by atoms with Crippen LogP contribution >= 0.6 is 11.8 Å². The van der Waals surface area contributed by atoms with E-state index in [-0.39, 0.29) is 11.7 Å². The van der Waals surface area contributed by atoms with Crippen LogP contribution in [0.25, 0.3) is 0 Å². The number of thioether (sulfide) groups is 1. The predicted octanol–water partition coefficient (Wildman–Crippen LogP) is 1.87. The molecule has 0 fully saturated rings. The molecule has 0 aliphatic carbocycles. The first-order chi connectivity index (χ1) is 11.1. The first-order valence-corrected chi connectivity index (χ1v) is 8.52. The normalized spacial score (nSPS) is 12.1. The molecule has 0 radical (unpaired) electrons. The quantitative estimate of drug-likeness (QED) is 0.723. The summed E-state index contributed by atoms with van der Waals surface area (Å²) in [5, 5.41) is 9.95. The van der Waals surface area contributed by atoms with E-state index in [1.807, 2.05) is 19.3 Å². The van der Waals surface area contributed by atoms with Crippen molar-refractivity contribution in [1.82, 2.24) is 20.4 Å². The second-order valence-corrected chi connectivity index (χ2v) is 6.21. The molecule has 5 nitrogen and oxygen atoms in total. The Hall–Kier alpha value is -1.86. The third-order valence-corrected chi connectivity index (χ3v) is 4.38. The molecule has 2 rings (SSSR count). The molecule has 0 bridgehead atoms. The van der Waals surface area contributed by atoms with Gasteiger partial charge >= 0.3 is 0 Å². The molecule has 1 amide bonds. The standard InChI is InChI=1S/C16H21FN4OS/c1-18-15(13-9-20-21(2)10-13)16(22)19-7-8-23-11-12-5-3-4-6-14(12)17/h3-6,9-10,15,18H,7-8,11H2,1-2H3,(H,19,22). The van der Waals surface area contributed by atoms with Crippen LogP contribution in [0.3, 0.4) is 0 Å². The molecule has 1 unspecified atom stereocenters. The number of hydrogen-bond donors (Lipinski definition) is 2. The lowest BCUT2D eigenvalue weighted by Gasteiger charge is -2.14. The monoisotopic (exact) mass is 336 g/mol. The molecular weight excluding hydrogens is 315 g/mol. The smallest absolute Gasteiger partial charge is 0.241 e. The number of nitrogens with zero attached hydrogens (tertiary/aromatic N) is 2. The van der Waals surface area contributed by atoms with E-state index in [1.165, 1.54) is 6.07 Å². The molecule has 0 saturated heterocycles. The van der Waals surface area contributed by atoms with E-state index in [2.05, 4.69) is 15.7 Å². The van der Waals surface area contributed by atoms with Crippen LogP contribution in [0.15, 0.2) is 36.7 Å². The third-order valence-electron chi connectivity index (χ3n) is 3.37. The number of carbonyl (C=O) groups excluding carboxylic acids is 1. The first kappa shape index (κ1) is 17.5. The van der Waals surface area contributed by atoms with Gasteiger partial charge in [0.05, 0.1) is 6.20 Å². The van der Waals surface area contributed by atoms with Crippen molar-refractivity contribution in [2.45, 2.75) is 11.8 Å². The summed E-state index contributed by atoms with van der Waals surface area (Å²) in [5.41, 5.74) is 1.51. The lowest BCUT2D eigenvalue weighted by atomic mass is 10.1. The van der Waals surface area contributed by atoms with Gasteiger partial charge in [-0.2, -0.15) is 16.9 Å². The summed E-state index contributed by atoms with van der Waals surface area (Å²) < 4.78 is 15.1. The molecule has 7 heteroatoms. The minimum absolute atomic E-state index is 0.0907. The van der Waals surface area contributed by atoms with Crippen molar-refractivity contribution >= 4 is 17.7 Å². The van der Waals surface area contributed by atoms with Gasteiger partial charge in [0.25, 0.3) is 0 Å². The van der Waals surface area contributed by atoms with E-state index in [4.69, 9.17) is 0 Å². The number of benzene rings is 1. The molecule has 124 valence electrons. The maximum Gasteiger partial charge on any atom is 0.241 e. The van der Waals surface area contributed by atoms with Crippen molar-refractivity contribution in [2.75, 3.05) is 19.3 Å². The number of aryl methyl sites for hydroxylation is 1. The topological polar surface area (TPSA) is 59.0 Å². The Labute approximate surface area is 139 Å². The maximum absolute atomic E-state index is 13.5. The Balaban J connectivity index is 1.73. The number of likely N-dealkylation sites (N-methyl/N-ethyl adjacent to an activating group) is 1. The van der Waals surface area contributed by atoms with Crippen molar-refractivity contribution in [3.63, 3.8) is 0 Å². The molecule has 0 saturated carbocycles. The third kappa shape index (κ3) is 5.07. The average Bonchev–Trinajstić information content (AvgIpc) is 2.95. The van der Waals surface area contributed by atoms with E-state index in [1.54, 1.807) is 41.8 Å². The molecule has 0 aliphatic heterocycles. The van der Waals surface area contributed by atoms with Gasteiger partial charge in [-0.05, 0) is 18.7 Å². The summed E-state index contributed by atoms with van der Waals surface area (Å²) in [7, 11) is 3.55. The number of amides is 1. The average molecular weight is 336 g/mol. The zero-order valence-electron chi connectivity index (χ0n) is 13.3. The highest BCUT2D eigenvalue weighted by molar-refractivity contribution is 7.98. The maximum atomic E-state index is 13.5. The number of carbonyl (C=O) groups is 1. The lowest BCUT2D eigenvalue weighted by Crippen LogP contribution is -2.36. The zero-order chi connectivity index (χ0) is 16.7. The van der Waals surface area contributed by atoms with E-state index in [9.17, 15) is 9.18 Å². The molecule has 0 aliphatic rings. The van der Waals surface area contributed by atoms with Crippen molar-refractivity contribution in [3.05, 3.63) is 53.6 Å². The summed E-state index contributed by atoms with van der Waals surface area (Å²) in [5.74, 6) is 1.05. The van der Waals surface area contributed by atoms with Gasteiger partial charge in [-0.1, -0.05) is 18.2 Å². The van der Waals surface area contributed by atoms with Gasteiger partial charge in [0.1, 0.15) is 11.9 Å². The molecule has 1 heterocycles. The fraction of sp³-hybridized carbons (Fsp3) is 0.375. The van der Waals surface area contributed by atoms with Gasteiger partial charge in [-0.15, -0.1) is 0 Å². The lowest BCUT2D eigenvalue weighted by molar-refractivity contribution is -0.123. The van der Waals surface area contributed by atoms with E-state index in [0.717, 1.165) is 11.3 Å². The molecule has 23 heavy (non-hydrogen) atoms. The van der Waals surface area contributed by atoms with Gasteiger partial charge in [0.2, 0.25) is 5.91 Å². The predicted molar refractivity (Wildman–Crippen MR) is 90.6 cm³/mol. The summed E-state index contributed by atoms with van der Waals surface area (Å²) in [4.78, 5) is 12.2. The van der Waals surface area contributed by atoms with Crippen molar-refractivity contribution in [1.29, 1.82) is 0 Å². The van der Waals surface area contributed by atoms with Crippen LogP contribution in [0.2, 0.25) is 0 Å². The van der Waals surface area contributed by atoms with Crippen molar-refractivity contribution < 1.29 is 9.18 Å². The fourth-order valence-electron chi connectivity index (χ4n) is 2.18. The van der Waals surface area contributed by atoms with Crippen LogP contribution in [-0.2, 0) is 17.6 Å². The van der Waals surface area contributed by atoms with Crippen molar-refractivity contribution in [3.8, 4) is 0 Å². The van der Waals surface area contributed by atoms with E-state index >= 15 is 0 Å². The molecular formula is C16H21FN4OS. The summed E-state index contributed by atoms with van der Waals surface area (Å²) >= 11 is 1.59. The zero-order valence-corrected chi connectivity index (χ0v) is 14.1. The highest BCUT2D eigenvalue weighted by Gasteiger charge is 2.19. The minimum atomic E-state index is -0.416. The van der Waals surface area contributed by atoms with Crippen LogP contribution in [-0.4, -0.2) is 35.0 Å². The fourth-order valence-corrected chi connectivity index (χ4v) is 3.03. The second-order valence-electron chi connectivity index (χ2n) is 5.10.